The summed E-state index contributed by atoms with van der Waals surface area (Å²) in [5.41, 5.74) is 0. The van der Waals surface area contributed by atoms with Crippen molar-refractivity contribution in [1.29, 1.82) is 0 Å². The average molecular weight is 102 g/mol. The summed E-state index contributed by atoms with van der Waals surface area (Å²) in [6, 6.07) is 0. The van der Waals surface area contributed by atoms with Crippen LogP contribution < -0.4 is 4.72 Å². The quantitative estimate of drug-likeness (QED) is 0.453. The first kappa shape index (κ1) is 4.15. The van der Waals surface area contributed by atoms with E-state index in [4.69, 9.17) is 0 Å². The molecule has 6 heavy (non-hydrogen) atoms. The Hall–Kier alpha value is -0.0200. The molecule has 2 nitrogen and oxygen atoms in total. The molecule has 34 valence electrons. The van der Waals surface area contributed by atoms with E-state index in [1.54, 1.807) is 0 Å². The van der Waals surface area contributed by atoms with Crippen molar-refractivity contribution in [2.45, 2.75) is 6.42 Å². The second kappa shape index (κ2) is 2.21. The predicted molar refractivity (Wildman–Crippen MR) is 28.7 cm³/mol. The van der Waals surface area contributed by atoms with Gasteiger partial charge in [0.05, 0.1) is 12.1 Å². The summed E-state index contributed by atoms with van der Waals surface area (Å²) >= 11 is 1.41. The fraction of sp³-hybridized carbons (Fsp3) is 0.667. The van der Waals surface area contributed by atoms with E-state index in [9.17, 15) is 0 Å². The average Bonchev–Trinajstić information content (AvgIpc) is 1.72. The van der Waals surface area contributed by atoms with Crippen LogP contribution >= 0.6 is 12.1 Å². The van der Waals surface area contributed by atoms with E-state index < -0.39 is 0 Å². The zero-order valence-electron chi connectivity index (χ0n) is 3.35. The molecule has 0 fully saturated rings. The Morgan fingerprint density at radius 1 is 1.83 bits per heavy atom. The standard InChI is InChI=1S/C3H6N2S/c1-2-4-6-5-3-1/h2,5H,1,3H2. The van der Waals surface area contributed by atoms with Crippen LogP contribution in [0.1, 0.15) is 6.42 Å². The van der Waals surface area contributed by atoms with Gasteiger partial charge < -0.3 is 0 Å². The van der Waals surface area contributed by atoms with Gasteiger partial charge in [-0.15, -0.1) is 0 Å². The van der Waals surface area contributed by atoms with Gasteiger partial charge in [-0.25, -0.2) is 9.12 Å². The van der Waals surface area contributed by atoms with Crippen LogP contribution in [0.25, 0.3) is 0 Å². The van der Waals surface area contributed by atoms with E-state index in [1.807, 2.05) is 6.21 Å². The highest BCUT2D eigenvalue weighted by atomic mass is 32.2. The number of nitrogens with zero attached hydrogens (tertiary/aromatic N) is 1. The third-order valence-electron chi connectivity index (χ3n) is 0.567. The number of hydrogen-bond donors (Lipinski definition) is 1. The fourth-order valence-electron chi connectivity index (χ4n) is 0.296. The van der Waals surface area contributed by atoms with E-state index in [2.05, 4.69) is 9.12 Å². The van der Waals surface area contributed by atoms with Crippen molar-refractivity contribution in [1.82, 2.24) is 4.72 Å². The number of nitrogens with one attached hydrogen (secondary N) is 1. The van der Waals surface area contributed by atoms with Crippen molar-refractivity contribution in [3.8, 4) is 0 Å². The van der Waals surface area contributed by atoms with E-state index in [1.165, 1.54) is 12.1 Å². The molecule has 0 saturated heterocycles. The van der Waals surface area contributed by atoms with Crippen molar-refractivity contribution in [3.05, 3.63) is 0 Å². The van der Waals surface area contributed by atoms with Gasteiger partial charge in [-0.05, 0) is 6.42 Å². The van der Waals surface area contributed by atoms with Crippen molar-refractivity contribution in [2.75, 3.05) is 6.54 Å². The van der Waals surface area contributed by atoms with Crippen LogP contribution in [-0.2, 0) is 0 Å². The van der Waals surface area contributed by atoms with E-state index in [0.29, 0.717) is 0 Å². The molecule has 0 spiro atoms. The SMILES string of the molecule is C1=NSNCC1. The molecule has 0 saturated carbocycles. The molecule has 1 aliphatic rings. The fourth-order valence-corrected chi connectivity index (χ4v) is 0.760. The number of rotatable bonds is 0. The Morgan fingerprint density at radius 2 is 2.83 bits per heavy atom. The maximum atomic E-state index is 3.86. The maximum absolute atomic E-state index is 3.86. The van der Waals surface area contributed by atoms with Gasteiger partial charge in [-0.3, -0.25) is 0 Å². The highest BCUT2D eigenvalue weighted by Gasteiger charge is 1.86. The molecule has 0 aromatic carbocycles. The summed E-state index contributed by atoms with van der Waals surface area (Å²) < 4.78 is 6.86. The zero-order chi connectivity index (χ0) is 4.24. The Kier molecular flexibility index (Phi) is 1.52. The molecule has 0 aromatic rings. The van der Waals surface area contributed by atoms with Gasteiger partial charge in [0.25, 0.3) is 0 Å². The van der Waals surface area contributed by atoms with E-state index in [0.717, 1.165) is 13.0 Å². The lowest BCUT2D eigenvalue weighted by atomic mass is 10.5. The highest BCUT2D eigenvalue weighted by Crippen LogP contribution is 1.97. The summed E-state index contributed by atoms with van der Waals surface area (Å²) in [7, 11) is 0. The molecule has 0 unspecified atom stereocenters. The van der Waals surface area contributed by atoms with Crippen molar-refractivity contribution in [3.63, 3.8) is 0 Å². The van der Waals surface area contributed by atoms with Crippen LogP contribution in [0.15, 0.2) is 4.40 Å². The summed E-state index contributed by atoms with van der Waals surface area (Å²) in [5.74, 6) is 0. The lowest BCUT2D eigenvalue weighted by Gasteiger charge is -1.98. The van der Waals surface area contributed by atoms with Crippen LogP contribution in [0, 0.1) is 0 Å². The molecule has 0 aromatic heterocycles. The Balaban J connectivity index is 2.26. The topological polar surface area (TPSA) is 24.4 Å². The van der Waals surface area contributed by atoms with Crippen LogP contribution in [0.3, 0.4) is 0 Å². The molecule has 0 amide bonds. The van der Waals surface area contributed by atoms with Gasteiger partial charge in [-0.1, -0.05) is 0 Å². The first-order chi connectivity index (χ1) is 3.00. The van der Waals surface area contributed by atoms with E-state index >= 15 is 0 Å². The second-order valence-electron chi connectivity index (χ2n) is 1.06. The smallest absolute Gasteiger partial charge is 0.0582 e. The molecule has 1 heterocycles. The van der Waals surface area contributed by atoms with E-state index in [-0.39, 0.29) is 0 Å². The van der Waals surface area contributed by atoms with Crippen molar-refractivity contribution < 1.29 is 0 Å². The Labute approximate surface area is 41.3 Å². The molecule has 3 heteroatoms. The monoisotopic (exact) mass is 102 g/mol. The minimum Gasteiger partial charge on any atom is -0.244 e. The van der Waals surface area contributed by atoms with Gasteiger partial charge in [0.2, 0.25) is 0 Å². The molecule has 1 N–H and O–H groups in total. The highest BCUT2D eigenvalue weighted by molar-refractivity contribution is 7.96. The van der Waals surface area contributed by atoms with Crippen LogP contribution in [-0.4, -0.2) is 12.8 Å². The second-order valence-corrected chi connectivity index (χ2v) is 1.74. The zero-order valence-corrected chi connectivity index (χ0v) is 4.16. The molecule has 0 atom stereocenters. The first-order valence-electron chi connectivity index (χ1n) is 1.91. The minimum absolute atomic E-state index is 1.06. The van der Waals surface area contributed by atoms with Crippen LogP contribution in [0.2, 0.25) is 0 Å². The molecule has 1 aliphatic heterocycles. The summed E-state index contributed by atoms with van der Waals surface area (Å²) in [4.78, 5) is 0. The lowest BCUT2D eigenvalue weighted by molar-refractivity contribution is 0.966. The molecule has 0 bridgehead atoms. The largest absolute Gasteiger partial charge is 0.244 e. The van der Waals surface area contributed by atoms with Crippen molar-refractivity contribution in [2.24, 2.45) is 4.40 Å². The number of hydrogen-bond acceptors (Lipinski definition) is 3. The minimum atomic E-state index is 1.06. The molecule has 0 radical (unpaired) electrons. The van der Waals surface area contributed by atoms with Crippen LogP contribution in [0.5, 0.6) is 0 Å². The van der Waals surface area contributed by atoms with Crippen molar-refractivity contribution >= 4 is 18.3 Å². The maximum Gasteiger partial charge on any atom is 0.0582 e. The third kappa shape index (κ3) is 0.988. The normalized spacial score (nSPS) is 21.3. The molecular formula is C3H6N2S. The molecule has 0 aliphatic carbocycles. The predicted octanol–water partition coefficient (Wildman–Crippen LogP) is 0.614. The lowest BCUT2D eigenvalue weighted by Crippen LogP contribution is -2.07. The summed E-state index contributed by atoms with van der Waals surface area (Å²) in [6.07, 6.45) is 2.99. The molecular weight excluding hydrogens is 96.1 g/mol. The summed E-state index contributed by atoms with van der Waals surface area (Å²) in [6.45, 7) is 1.06. The third-order valence-corrected chi connectivity index (χ3v) is 1.15. The summed E-state index contributed by atoms with van der Waals surface area (Å²) in [5, 5.41) is 0. The van der Waals surface area contributed by atoms with Gasteiger partial charge in [-0.2, -0.15) is 0 Å². The Bertz CT molecular complexity index is 53.8. The van der Waals surface area contributed by atoms with Gasteiger partial charge in [0.15, 0.2) is 0 Å². The van der Waals surface area contributed by atoms with Gasteiger partial charge in [0, 0.05) is 12.8 Å². The Morgan fingerprint density at radius 3 is 3.00 bits per heavy atom. The molecule has 1 rings (SSSR count). The van der Waals surface area contributed by atoms with Gasteiger partial charge >= 0.3 is 0 Å². The van der Waals surface area contributed by atoms with Crippen LogP contribution in [0.4, 0.5) is 0 Å². The first-order valence-corrected chi connectivity index (χ1v) is 2.68. The van der Waals surface area contributed by atoms with Gasteiger partial charge in [0.1, 0.15) is 0 Å².